The van der Waals surface area contributed by atoms with Gasteiger partial charge in [-0.1, -0.05) is 50.0 Å². The summed E-state index contributed by atoms with van der Waals surface area (Å²) in [6, 6.07) is 14.9. The number of rotatable bonds is 3. The Kier molecular flexibility index (Phi) is 3.89. The topological polar surface area (TPSA) is 3.88 Å². The maximum absolute atomic E-state index is 14.7. The van der Waals surface area contributed by atoms with Crippen LogP contribution in [-0.4, -0.2) is 8.07 Å². The van der Waals surface area contributed by atoms with Gasteiger partial charge < -0.3 is 0 Å². The Morgan fingerprint density at radius 2 is 1.65 bits per heavy atom. The molecular weight excluding hydrogens is 337 g/mol. The van der Waals surface area contributed by atoms with Gasteiger partial charge in [-0.3, -0.25) is 0 Å². The number of aromatic nitrogens is 1. The standard InChI is InChI=1S/C23H27FNSi/c1-16-12-21(24)20(18-10-8-7-9-11-18)13-19(16)22-14-23(26(4,5)6)17(2)15-25(22)3/h7-15H,1-6H3/q+1/i2D3. The third-order valence-electron chi connectivity index (χ3n) is 4.76. The van der Waals surface area contributed by atoms with E-state index in [1.54, 1.807) is 12.3 Å². The maximum Gasteiger partial charge on any atom is 0.212 e. The maximum atomic E-state index is 14.7. The molecule has 3 aromatic rings. The zero-order valence-corrected chi connectivity index (χ0v) is 17.0. The summed E-state index contributed by atoms with van der Waals surface area (Å²) in [5.74, 6) is -0.260. The summed E-state index contributed by atoms with van der Waals surface area (Å²) in [5.41, 5.74) is 4.39. The number of aryl methyl sites for hydroxylation is 3. The van der Waals surface area contributed by atoms with Gasteiger partial charge in [-0.2, -0.15) is 0 Å². The quantitative estimate of drug-likeness (QED) is 0.445. The number of halogens is 1. The summed E-state index contributed by atoms with van der Waals surface area (Å²) in [4.78, 5) is 0. The van der Waals surface area contributed by atoms with E-state index in [0.29, 0.717) is 11.1 Å². The number of hydrogen-bond acceptors (Lipinski definition) is 0. The third kappa shape index (κ3) is 3.49. The van der Waals surface area contributed by atoms with Crippen LogP contribution in [-0.2, 0) is 7.05 Å². The van der Waals surface area contributed by atoms with Crippen LogP contribution in [0.2, 0.25) is 19.6 Å². The lowest BCUT2D eigenvalue weighted by Gasteiger charge is -2.20. The Bertz CT molecular complexity index is 1050. The van der Waals surface area contributed by atoms with Gasteiger partial charge in [0.25, 0.3) is 0 Å². The van der Waals surface area contributed by atoms with Gasteiger partial charge >= 0.3 is 0 Å². The second kappa shape index (κ2) is 6.80. The minimum Gasteiger partial charge on any atom is -0.206 e. The molecule has 0 aliphatic rings. The number of hydrogen-bond donors (Lipinski definition) is 0. The molecule has 1 aromatic heterocycles. The molecular formula is C23H27FNSi+. The molecule has 1 heterocycles. The minimum absolute atomic E-state index is 0.260. The third-order valence-corrected chi connectivity index (χ3v) is 6.79. The Morgan fingerprint density at radius 1 is 0.962 bits per heavy atom. The van der Waals surface area contributed by atoms with Crippen molar-refractivity contribution in [3.05, 3.63) is 71.7 Å². The molecule has 1 nitrogen and oxygen atoms in total. The predicted octanol–water partition coefficient (Wildman–Crippen LogP) is 5.15. The molecule has 0 radical (unpaired) electrons. The smallest absolute Gasteiger partial charge is 0.206 e. The SMILES string of the molecule is [2H]C([2H])([2H])c1c[n+](C)c(-c2cc(-c3ccccc3)c(F)cc2C)cc1[Si](C)(C)C. The van der Waals surface area contributed by atoms with Crippen LogP contribution in [0.5, 0.6) is 0 Å². The Balaban J connectivity index is 2.29. The molecule has 3 heteroatoms. The van der Waals surface area contributed by atoms with E-state index in [1.165, 1.54) is 0 Å². The first-order chi connectivity index (χ1) is 13.4. The van der Waals surface area contributed by atoms with Gasteiger partial charge in [0.05, 0.1) is 8.07 Å². The van der Waals surface area contributed by atoms with E-state index in [0.717, 1.165) is 27.6 Å². The molecule has 0 saturated carbocycles. The Labute approximate surface area is 161 Å². The molecule has 0 aliphatic heterocycles. The van der Waals surface area contributed by atoms with Crippen molar-refractivity contribution in [3.8, 4) is 22.4 Å². The zero-order chi connectivity index (χ0) is 21.6. The van der Waals surface area contributed by atoms with Crippen molar-refractivity contribution < 1.29 is 13.1 Å². The average Bonchev–Trinajstić information content (AvgIpc) is 2.61. The molecule has 26 heavy (non-hydrogen) atoms. The first-order valence-electron chi connectivity index (χ1n) is 10.3. The average molecular weight is 368 g/mol. The second-order valence-electron chi connectivity index (χ2n) is 7.86. The monoisotopic (exact) mass is 367 g/mol. The van der Waals surface area contributed by atoms with Gasteiger partial charge in [-0.05, 0) is 42.2 Å². The van der Waals surface area contributed by atoms with Gasteiger partial charge in [0, 0.05) is 26.9 Å². The first-order valence-corrected chi connectivity index (χ1v) is 12.3. The van der Waals surface area contributed by atoms with Crippen molar-refractivity contribution in [1.29, 1.82) is 0 Å². The van der Waals surface area contributed by atoms with Crippen LogP contribution < -0.4 is 9.75 Å². The fourth-order valence-corrected chi connectivity index (χ4v) is 4.77. The van der Waals surface area contributed by atoms with Gasteiger partial charge in [0.1, 0.15) is 12.9 Å². The first kappa shape index (κ1) is 14.9. The van der Waals surface area contributed by atoms with Crippen LogP contribution in [0.15, 0.2) is 54.7 Å². The zero-order valence-electron chi connectivity index (χ0n) is 19.0. The van der Waals surface area contributed by atoms with Crippen molar-refractivity contribution in [1.82, 2.24) is 0 Å². The molecule has 134 valence electrons. The Hall–Kier alpha value is -2.26. The van der Waals surface area contributed by atoms with Crippen LogP contribution in [0.4, 0.5) is 4.39 Å². The highest BCUT2D eigenvalue weighted by atomic mass is 28.3. The molecule has 0 spiro atoms. The van der Waals surface area contributed by atoms with Crippen LogP contribution in [0.1, 0.15) is 15.2 Å². The summed E-state index contributed by atoms with van der Waals surface area (Å²) >= 11 is 0. The van der Waals surface area contributed by atoms with Crippen LogP contribution in [0.3, 0.4) is 0 Å². The molecule has 0 fully saturated rings. The number of benzene rings is 2. The molecule has 0 unspecified atom stereocenters. The lowest BCUT2D eigenvalue weighted by Crippen LogP contribution is -2.44. The molecule has 3 rings (SSSR count). The molecule has 0 amide bonds. The summed E-state index contributed by atoms with van der Waals surface area (Å²) in [5, 5.41) is 0.913. The highest BCUT2D eigenvalue weighted by Crippen LogP contribution is 2.30. The van der Waals surface area contributed by atoms with Crippen LogP contribution in [0.25, 0.3) is 22.4 Å². The summed E-state index contributed by atoms with van der Waals surface area (Å²) in [6.45, 7) is 6.16. The summed E-state index contributed by atoms with van der Waals surface area (Å²) < 4.78 is 40.5. The van der Waals surface area contributed by atoms with E-state index in [1.807, 2.05) is 61.0 Å². The van der Waals surface area contributed by atoms with Crippen molar-refractivity contribution in [2.24, 2.45) is 7.05 Å². The highest BCUT2D eigenvalue weighted by Gasteiger charge is 2.25. The molecule has 0 bridgehead atoms. The fourth-order valence-electron chi connectivity index (χ4n) is 3.32. The van der Waals surface area contributed by atoms with E-state index in [9.17, 15) is 4.39 Å². The number of nitrogens with zero attached hydrogens (tertiary/aromatic N) is 1. The molecule has 0 saturated heterocycles. The number of pyridine rings is 1. The van der Waals surface area contributed by atoms with Gasteiger partial charge in [0.15, 0.2) is 6.20 Å². The Morgan fingerprint density at radius 3 is 2.27 bits per heavy atom. The van der Waals surface area contributed by atoms with Crippen molar-refractivity contribution in [2.75, 3.05) is 0 Å². The van der Waals surface area contributed by atoms with E-state index in [2.05, 4.69) is 19.6 Å². The normalized spacial score (nSPS) is 13.8. The summed E-state index contributed by atoms with van der Waals surface area (Å²) in [7, 11) is -0.0774. The molecule has 2 aromatic carbocycles. The van der Waals surface area contributed by atoms with Gasteiger partial charge in [-0.25, -0.2) is 8.96 Å². The lowest BCUT2D eigenvalue weighted by molar-refractivity contribution is -0.660. The van der Waals surface area contributed by atoms with E-state index < -0.39 is 14.9 Å². The molecule has 0 aliphatic carbocycles. The van der Waals surface area contributed by atoms with Crippen molar-refractivity contribution >= 4 is 13.3 Å². The molecule has 0 N–H and O–H groups in total. The predicted molar refractivity (Wildman–Crippen MR) is 111 cm³/mol. The van der Waals surface area contributed by atoms with E-state index in [4.69, 9.17) is 4.11 Å². The minimum atomic E-state index is -2.17. The van der Waals surface area contributed by atoms with Gasteiger partial charge in [0.2, 0.25) is 5.69 Å². The lowest BCUT2D eigenvalue weighted by atomic mass is 9.96. The fraction of sp³-hybridized carbons (Fsp3) is 0.261. The summed E-state index contributed by atoms with van der Waals surface area (Å²) in [6.07, 6.45) is 1.72. The molecule has 0 atom stereocenters. The van der Waals surface area contributed by atoms with Crippen LogP contribution in [0, 0.1) is 19.6 Å². The van der Waals surface area contributed by atoms with E-state index in [-0.39, 0.29) is 5.82 Å². The van der Waals surface area contributed by atoms with Crippen molar-refractivity contribution in [3.63, 3.8) is 0 Å². The van der Waals surface area contributed by atoms with Crippen molar-refractivity contribution in [2.45, 2.75) is 33.4 Å². The van der Waals surface area contributed by atoms with Gasteiger partial charge in [-0.15, -0.1) is 0 Å². The van der Waals surface area contributed by atoms with E-state index >= 15 is 0 Å². The second-order valence-corrected chi connectivity index (χ2v) is 12.9. The largest absolute Gasteiger partial charge is 0.212 e. The van der Waals surface area contributed by atoms with Crippen LogP contribution >= 0.6 is 0 Å². The highest BCUT2D eigenvalue weighted by molar-refractivity contribution is 6.89.